The Hall–Kier alpha value is -1.53. The number of aromatic nitrogens is 2. The molecule has 0 saturated heterocycles. The number of aromatic carboxylic acids is 1. The minimum Gasteiger partial charge on any atom is -0.486 e. The first-order chi connectivity index (χ1) is 9.40. The molecule has 5 nitrogen and oxygen atoms in total. The number of ether oxygens (including phenoxy) is 1. The second kappa shape index (κ2) is 5.85. The van der Waals surface area contributed by atoms with Crippen molar-refractivity contribution in [2.45, 2.75) is 13.5 Å². The summed E-state index contributed by atoms with van der Waals surface area (Å²) in [4.78, 5) is 11.2. The van der Waals surface area contributed by atoms with Crippen LogP contribution in [0.25, 0.3) is 0 Å². The molecule has 20 heavy (non-hydrogen) atoms. The van der Waals surface area contributed by atoms with Gasteiger partial charge < -0.3 is 9.84 Å². The van der Waals surface area contributed by atoms with Crippen molar-refractivity contribution >= 4 is 33.5 Å². The Morgan fingerprint density at radius 3 is 2.80 bits per heavy atom. The molecule has 0 unspecified atom stereocenters. The highest BCUT2D eigenvalue weighted by molar-refractivity contribution is 9.10. The van der Waals surface area contributed by atoms with Crippen LogP contribution in [-0.2, 0) is 13.7 Å². The Morgan fingerprint density at radius 2 is 2.25 bits per heavy atom. The molecule has 0 bridgehead atoms. The molecule has 0 aliphatic heterocycles. The normalized spacial score (nSPS) is 10.6. The summed E-state index contributed by atoms with van der Waals surface area (Å²) < 4.78 is 8.13. The van der Waals surface area contributed by atoms with Crippen LogP contribution < -0.4 is 4.74 Å². The number of hydrogen-bond donors (Lipinski definition) is 1. The monoisotopic (exact) mass is 358 g/mol. The van der Waals surface area contributed by atoms with Crippen molar-refractivity contribution < 1.29 is 14.6 Å². The first-order valence-electron chi connectivity index (χ1n) is 5.73. The Bertz CT molecular complexity index is 670. The average Bonchev–Trinajstić information content (AvgIpc) is 2.62. The summed E-state index contributed by atoms with van der Waals surface area (Å²) in [5, 5.41) is 13.7. The van der Waals surface area contributed by atoms with Crippen LogP contribution >= 0.6 is 27.5 Å². The largest absolute Gasteiger partial charge is 0.486 e. The minimum absolute atomic E-state index is 0.0347. The second-order valence-electron chi connectivity index (χ2n) is 4.20. The zero-order valence-electron chi connectivity index (χ0n) is 10.9. The molecule has 2 rings (SSSR count). The molecular formula is C13H12BrClN2O3. The number of benzene rings is 1. The quantitative estimate of drug-likeness (QED) is 0.908. The fourth-order valence-corrected chi connectivity index (χ4v) is 2.40. The van der Waals surface area contributed by atoms with Crippen LogP contribution in [-0.4, -0.2) is 20.9 Å². The number of carboxylic acid groups (broad SMARTS) is 1. The summed E-state index contributed by atoms with van der Waals surface area (Å²) in [6.07, 6.45) is 0. The van der Waals surface area contributed by atoms with Gasteiger partial charge in [-0.3, -0.25) is 4.68 Å². The molecule has 2 aromatic rings. The van der Waals surface area contributed by atoms with Crippen molar-refractivity contribution in [3.05, 3.63) is 44.6 Å². The van der Waals surface area contributed by atoms with Gasteiger partial charge in [-0.2, -0.15) is 5.10 Å². The third kappa shape index (κ3) is 2.96. The number of rotatable bonds is 4. The van der Waals surface area contributed by atoms with Crippen LogP contribution in [0.4, 0.5) is 0 Å². The van der Waals surface area contributed by atoms with Gasteiger partial charge in [0.05, 0.1) is 15.9 Å². The predicted molar refractivity (Wildman–Crippen MR) is 78.4 cm³/mol. The molecule has 1 heterocycles. The zero-order chi connectivity index (χ0) is 14.9. The molecule has 7 heteroatoms. The van der Waals surface area contributed by atoms with E-state index in [1.165, 1.54) is 6.07 Å². The van der Waals surface area contributed by atoms with E-state index >= 15 is 0 Å². The van der Waals surface area contributed by atoms with Crippen LogP contribution in [0.1, 0.15) is 21.7 Å². The van der Waals surface area contributed by atoms with E-state index in [1.807, 2.05) is 6.92 Å². The van der Waals surface area contributed by atoms with Gasteiger partial charge in [0.25, 0.3) is 0 Å². The SMILES string of the molecule is Cc1nn(C)c(COc2ccc(Cl)cc2C(=O)O)c1Br. The standard InChI is InChI=1S/C13H12BrClN2O3/c1-7-12(14)10(17(2)16-7)6-20-11-4-3-8(15)5-9(11)13(18)19/h3-5H,6H2,1-2H3,(H,18,19). The molecule has 0 amide bonds. The zero-order valence-corrected chi connectivity index (χ0v) is 13.2. The third-order valence-corrected chi connectivity index (χ3v) is 4.06. The van der Waals surface area contributed by atoms with Gasteiger partial charge in [-0.25, -0.2) is 4.79 Å². The van der Waals surface area contributed by atoms with Crippen molar-refractivity contribution in [3.63, 3.8) is 0 Å². The van der Waals surface area contributed by atoms with Gasteiger partial charge in [0.1, 0.15) is 17.9 Å². The second-order valence-corrected chi connectivity index (χ2v) is 5.43. The lowest BCUT2D eigenvalue weighted by molar-refractivity contribution is 0.0691. The Morgan fingerprint density at radius 1 is 1.55 bits per heavy atom. The number of nitrogens with zero attached hydrogens (tertiary/aromatic N) is 2. The average molecular weight is 360 g/mol. The summed E-state index contributed by atoms with van der Waals surface area (Å²) in [7, 11) is 1.80. The van der Waals surface area contributed by atoms with Gasteiger partial charge in [-0.1, -0.05) is 11.6 Å². The topological polar surface area (TPSA) is 64.4 Å². The van der Waals surface area contributed by atoms with E-state index in [-0.39, 0.29) is 17.9 Å². The molecule has 0 atom stereocenters. The van der Waals surface area contributed by atoms with E-state index in [4.69, 9.17) is 21.4 Å². The van der Waals surface area contributed by atoms with E-state index < -0.39 is 5.97 Å². The molecule has 0 aliphatic carbocycles. The number of carboxylic acids is 1. The highest BCUT2D eigenvalue weighted by Crippen LogP contribution is 2.26. The number of hydrogen-bond acceptors (Lipinski definition) is 3. The highest BCUT2D eigenvalue weighted by atomic mass is 79.9. The van der Waals surface area contributed by atoms with Gasteiger partial charge in [0.15, 0.2) is 0 Å². The number of halogens is 2. The maximum atomic E-state index is 11.2. The van der Waals surface area contributed by atoms with Crippen LogP contribution in [0.15, 0.2) is 22.7 Å². The van der Waals surface area contributed by atoms with Gasteiger partial charge in [-0.05, 0) is 41.1 Å². The summed E-state index contributed by atoms with van der Waals surface area (Å²) in [6.45, 7) is 2.08. The molecule has 1 aromatic heterocycles. The van der Waals surface area contributed by atoms with Gasteiger partial charge in [-0.15, -0.1) is 0 Å². The maximum Gasteiger partial charge on any atom is 0.339 e. The van der Waals surface area contributed by atoms with Gasteiger partial charge in [0, 0.05) is 12.1 Å². The Balaban J connectivity index is 2.25. The van der Waals surface area contributed by atoms with Crippen LogP contribution in [0.5, 0.6) is 5.75 Å². The smallest absolute Gasteiger partial charge is 0.339 e. The van der Waals surface area contributed by atoms with Crippen molar-refractivity contribution in [3.8, 4) is 5.75 Å². The van der Waals surface area contributed by atoms with Crippen molar-refractivity contribution in [1.29, 1.82) is 0 Å². The van der Waals surface area contributed by atoms with Crippen LogP contribution in [0.2, 0.25) is 5.02 Å². The lowest BCUT2D eigenvalue weighted by atomic mass is 10.2. The van der Waals surface area contributed by atoms with Crippen molar-refractivity contribution in [2.24, 2.45) is 7.05 Å². The van der Waals surface area contributed by atoms with Crippen molar-refractivity contribution in [2.75, 3.05) is 0 Å². The Kier molecular flexibility index (Phi) is 4.35. The number of carbonyl (C=O) groups is 1. The summed E-state index contributed by atoms with van der Waals surface area (Å²) >= 11 is 9.22. The molecule has 106 valence electrons. The first kappa shape index (κ1) is 14.9. The lowest BCUT2D eigenvalue weighted by Crippen LogP contribution is -2.07. The fraction of sp³-hybridized carbons (Fsp3) is 0.231. The molecular weight excluding hydrogens is 348 g/mol. The summed E-state index contributed by atoms with van der Waals surface area (Å²) in [5.41, 5.74) is 1.71. The third-order valence-electron chi connectivity index (χ3n) is 2.80. The molecule has 0 radical (unpaired) electrons. The lowest BCUT2D eigenvalue weighted by Gasteiger charge is -2.10. The highest BCUT2D eigenvalue weighted by Gasteiger charge is 2.15. The molecule has 0 spiro atoms. The number of aryl methyl sites for hydroxylation is 2. The minimum atomic E-state index is -1.08. The van der Waals surface area contributed by atoms with E-state index in [1.54, 1.807) is 23.9 Å². The fourth-order valence-electron chi connectivity index (χ4n) is 1.78. The van der Waals surface area contributed by atoms with E-state index in [9.17, 15) is 4.79 Å². The van der Waals surface area contributed by atoms with Crippen molar-refractivity contribution in [1.82, 2.24) is 9.78 Å². The predicted octanol–water partition coefficient (Wildman–Crippen LogP) is 3.42. The molecule has 0 fully saturated rings. The summed E-state index contributed by atoms with van der Waals surface area (Å²) in [6, 6.07) is 4.50. The summed E-state index contributed by atoms with van der Waals surface area (Å²) in [5.74, 6) is -0.810. The molecule has 0 saturated carbocycles. The van der Waals surface area contributed by atoms with Gasteiger partial charge in [0.2, 0.25) is 0 Å². The van der Waals surface area contributed by atoms with E-state index in [0.717, 1.165) is 15.9 Å². The first-order valence-corrected chi connectivity index (χ1v) is 6.91. The Labute approximate surface area is 129 Å². The maximum absolute atomic E-state index is 11.2. The van der Waals surface area contributed by atoms with E-state index in [0.29, 0.717) is 5.02 Å². The van der Waals surface area contributed by atoms with E-state index in [2.05, 4.69) is 21.0 Å². The van der Waals surface area contributed by atoms with Crippen LogP contribution in [0.3, 0.4) is 0 Å². The van der Waals surface area contributed by atoms with Gasteiger partial charge >= 0.3 is 5.97 Å². The molecule has 1 aromatic carbocycles. The van der Waals surface area contributed by atoms with Crippen LogP contribution in [0, 0.1) is 6.92 Å². The molecule has 0 aliphatic rings. The molecule has 1 N–H and O–H groups in total.